The Morgan fingerprint density at radius 1 is 0.906 bits per heavy atom. The van der Waals surface area contributed by atoms with Gasteiger partial charge in [0.15, 0.2) is 4.91 Å². The molecular weight excluding hydrogens is 428 g/mol. The molecule has 3 aromatic rings. The number of nitrogens with one attached hydrogen (secondary N) is 1. The van der Waals surface area contributed by atoms with Gasteiger partial charge in [-0.3, -0.25) is 9.10 Å². The smallest absolute Gasteiger partial charge is 0.337 e. The van der Waals surface area contributed by atoms with Crippen LogP contribution < -0.4 is 9.62 Å². The van der Waals surface area contributed by atoms with Crippen molar-refractivity contribution in [2.45, 2.75) is 0 Å². The van der Waals surface area contributed by atoms with Gasteiger partial charge in [-0.15, -0.1) is 0 Å². The number of anilines is 2. The van der Waals surface area contributed by atoms with Gasteiger partial charge in [0, 0.05) is 23.9 Å². The lowest BCUT2D eigenvalue weighted by Gasteiger charge is -2.30. The summed E-state index contributed by atoms with van der Waals surface area (Å²) < 4.78 is 32.7. The van der Waals surface area contributed by atoms with Gasteiger partial charge in [-0.25, -0.2) is 13.2 Å². The quantitative estimate of drug-likeness (QED) is 0.615. The van der Waals surface area contributed by atoms with Crippen LogP contribution in [0.2, 0.25) is 0 Å². The molecular formula is C24H20N2O5S. The Kier molecular flexibility index (Phi) is 5.54. The van der Waals surface area contributed by atoms with Crippen molar-refractivity contribution in [1.82, 2.24) is 0 Å². The molecule has 0 unspecified atom stereocenters. The summed E-state index contributed by atoms with van der Waals surface area (Å²) in [5.41, 5.74) is 2.54. The zero-order valence-corrected chi connectivity index (χ0v) is 18.2. The topological polar surface area (TPSA) is 92.8 Å². The standard InChI is InChI=1S/C24H20N2O5S/c1-26-20-14-7-6-13-19(20)21(16-9-4-3-5-10-16)22(32(26,29)30)23(27)25-18-12-8-11-17(15-18)24(28)31-2/h3-15H,1-2H3,(H,25,27). The number of para-hydroxylation sites is 1. The zero-order chi connectivity index (χ0) is 22.9. The van der Waals surface area contributed by atoms with E-state index < -0.39 is 21.9 Å². The number of carbonyl (C=O) groups is 2. The van der Waals surface area contributed by atoms with Gasteiger partial charge in [-0.2, -0.15) is 0 Å². The highest BCUT2D eigenvalue weighted by atomic mass is 32.2. The maximum atomic E-state index is 13.4. The van der Waals surface area contributed by atoms with Crippen LogP contribution in [0.25, 0.3) is 5.57 Å². The molecule has 3 aromatic carbocycles. The number of nitrogens with zero attached hydrogens (tertiary/aromatic N) is 1. The van der Waals surface area contributed by atoms with Crippen molar-refractivity contribution < 1.29 is 22.7 Å². The number of hydrogen-bond acceptors (Lipinski definition) is 5. The van der Waals surface area contributed by atoms with Gasteiger partial charge in [0.1, 0.15) is 0 Å². The molecule has 0 bridgehead atoms. The van der Waals surface area contributed by atoms with E-state index in [1.54, 1.807) is 60.7 Å². The molecule has 1 aliphatic rings. The normalized spacial score (nSPS) is 14.5. The number of fused-ring (bicyclic) bond motifs is 1. The minimum Gasteiger partial charge on any atom is -0.465 e. The van der Waals surface area contributed by atoms with Crippen LogP contribution in [0.15, 0.2) is 83.8 Å². The summed E-state index contributed by atoms with van der Waals surface area (Å²) in [5, 5.41) is 2.63. The van der Waals surface area contributed by atoms with Crippen LogP contribution in [0.5, 0.6) is 0 Å². The number of methoxy groups -OCH3 is 1. The first-order valence-corrected chi connectivity index (χ1v) is 11.2. The molecule has 1 aliphatic heterocycles. The first kappa shape index (κ1) is 21.3. The molecule has 8 heteroatoms. The Bertz CT molecular complexity index is 1350. The Morgan fingerprint density at radius 3 is 2.31 bits per heavy atom. The van der Waals surface area contributed by atoms with Crippen molar-refractivity contribution in [3.63, 3.8) is 0 Å². The number of esters is 1. The average Bonchev–Trinajstić information content (AvgIpc) is 2.81. The molecule has 0 radical (unpaired) electrons. The Morgan fingerprint density at radius 2 is 1.59 bits per heavy atom. The van der Waals surface area contributed by atoms with Gasteiger partial charge in [-0.05, 0) is 29.8 Å². The summed E-state index contributed by atoms with van der Waals surface area (Å²) in [4.78, 5) is 24.8. The number of amides is 1. The molecule has 0 atom stereocenters. The maximum Gasteiger partial charge on any atom is 0.337 e. The van der Waals surface area contributed by atoms with E-state index in [1.807, 2.05) is 6.07 Å². The minimum absolute atomic E-state index is 0.233. The first-order valence-electron chi connectivity index (χ1n) is 9.72. The molecule has 1 amide bonds. The molecule has 32 heavy (non-hydrogen) atoms. The molecule has 0 fully saturated rings. The molecule has 7 nitrogen and oxygen atoms in total. The van der Waals surface area contributed by atoms with E-state index in [0.29, 0.717) is 22.4 Å². The fraction of sp³-hybridized carbons (Fsp3) is 0.0833. The van der Waals surface area contributed by atoms with Crippen molar-refractivity contribution in [3.05, 3.63) is 100 Å². The molecule has 0 saturated heterocycles. The second-order valence-electron chi connectivity index (χ2n) is 7.09. The molecule has 0 aliphatic carbocycles. The second kappa shape index (κ2) is 8.32. The summed E-state index contributed by atoms with van der Waals surface area (Å²) in [5.74, 6) is -1.36. The van der Waals surface area contributed by atoms with Crippen LogP contribution in [-0.4, -0.2) is 34.5 Å². The van der Waals surface area contributed by atoms with E-state index in [9.17, 15) is 18.0 Å². The predicted molar refractivity (Wildman–Crippen MR) is 123 cm³/mol. The van der Waals surface area contributed by atoms with E-state index in [4.69, 9.17) is 4.74 Å². The lowest BCUT2D eigenvalue weighted by molar-refractivity contribution is -0.112. The number of carbonyl (C=O) groups excluding carboxylic acids is 2. The zero-order valence-electron chi connectivity index (χ0n) is 17.4. The Labute approximate surface area is 186 Å². The largest absolute Gasteiger partial charge is 0.465 e. The van der Waals surface area contributed by atoms with E-state index >= 15 is 0 Å². The van der Waals surface area contributed by atoms with Gasteiger partial charge in [0.2, 0.25) is 0 Å². The molecule has 1 heterocycles. The van der Waals surface area contributed by atoms with Crippen LogP contribution in [0.3, 0.4) is 0 Å². The van der Waals surface area contributed by atoms with Crippen LogP contribution in [0.4, 0.5) is 11.4 Å². The minimum atomic E-state index is -4.15. The Balaban J connectivity index is 1.90. The van der Waals surface area contributed by atoms with E-state index in [1.165, 1.54) is 26.3 Å². The monoisotopic (exact) mass is 448 g/mol. The molecule has 1 N–H and O–H groups in total. The number of hydrogen-bond donors (Lipinski definition) is 1. The van der Waals surface area contributed by atoms with Gasteiger partial charge in [0.25, 0.3) is 15.9 Å². The van der Waals surface area contributed by atoms with Crippen molar-refractivity contribution >= 4 is 38.8 Å². The first-order chi connectivity index (χ1) is 15.3. The summed E-state index contributed by atoms with van der Waals surface area (Å²) in [6, 6.07) is 22.0. The number of benzene rings is 3. The highest BCUT2D eigenvalue weighted by molar-refractivity contribution is 7.97. The van der Waals surface area contributed by atoms with Crippen LogP contribution in [0.1, 0.15) is 21.5 Å². The second-order valence-corrected chi connectivity index (χ2v) is 8.99. The lowest BCUT2D eigenvalue weighted by atomic mass is 9.95. The summed E-state index contributed by atoms with van der Waals surface area (Å²) in [6.45, 7) is 0. The summed E-state index contributed by atoms with van der Waals surface area (Å²) >= 11 is 0. The van der Waals surface area contributed by atoms with Crippen LogP contribution >= 0.6 is 0 Å². The third-order valence-corrected chi connectivity index (χ3v) is 6.99. The van der Waals surface area contributed by atoms with E-state index in [2.05, 4.69) is 5.32 Å². The van der Waals surface area contributed by atoms with Gasteiger partial charge in [0.05, 0.1) is 18.4 Å². The average molecular weight is 449 g/mol. The molecule has 162 valence electrons. The third kappa shape index (κ3) is 3.65. The van der Waals surface area contributed by atoms with Crippen LogP contribution in [-0.2, 0) is 19.6 Å². The third-order valence-electron chi connectivity index (χ3n) is 5.17. The molecule has 0 aromatic heterocycles. The molecule has 0 saturated carbocycles. The Hall–Kier alpha value is -3.91. The lowest BCUT2D eigenvalue weighted by Crippen LogP contribution is -2.37. The van der Waals surface area contributed by atoms with Crippen molar-refractivity contribution in [3.8, 4) is 0 Å². The van der Waals surface area contributed by atoms with Gasteiger partial charge in [-0.1, -0.05) is 54.6 Å². The highest BCUT2D eigenvalue weighted by Gasteiger charge is 2.39. The van der Waals surface area contributed by atoms with Crippen LogP contribution in [0, 0.1) is 0 Å². The number of sulfonamides is 1. The van der Waals surface area contributed by atoms with Gasteiger partial charge >= 0.3 is 5.97 Å². The molecule has 0 spiro atoms. The summed E-state index contributed by atoms with van der Waals surface area (Å²) in [7, 11) is -1.48. The predicted octanol–water partition coefficient (Wildman–Crippen LogP) is 3.65. The number of ether oxygens (including phenoxy) is 1. The maximum absolute atomic E-state index is 13.4. The summed E-state index contributed by atoms with van der Waals surface area (Å²) in [6.07, 6.45) is 0. The highest BCUT2D eigenvalue weighted by Crippen LogP contribution is 2.42. The van der Waals surface area contributed by atoms with E-state index in [-0.39, 0.29) is 16.2 Å². The van der Waals surface area contributed by atoms with Crippen molar-refractivity contribution in [2.75, 3.05) is 23.8 Å². The molecule has 4 rings (SSSR count). The fourth-order valence-corrected chi connectivity index (χ4v) is 5.09. The van der Waals surface area contributed by atoms with Gasteiger partial charge < -0.3 is 10.1 Å². The van der Waals surface area contributed by atoms with E-state index in [0.717, 1.165) is 4.31 Å². The van der Waals surface area contributed by atoms with Crippen molar-refractivity contribution in [1.29, 1.82) is 0 Å². The van der Waals surface area contributed by atoms with Crippen molar-refractivity contribution in [2.24, 2.45) is 0 Å². The SMILES string of the molecule is COC(=O)c1cccc(NC(=O)C2=C(c3ccccc3)c3ccccc3N(C)S2(=O)=O)c1. The fourth-order valence-electron chi connectivity index (χ4n) is 3.63. The number of rotatable bonds is 4.